The Kier molecular flexibility index (Phi) is 6.11. The zero-order valence-electron chi connectivity index (χ0n) is 14.5. The second kappa shape index (κ2) is 8.13. The normalized spacial score (nSPS) is 20.8. The number of piperazine rings is 1. The van der Waals surface area contributed by atoms with Gasteiger partial charge in [-0.2, -0.15) is 4.31 Å². The van der Waals surface area contributed by atoms with Gasteiger partial charge in [-0.05, 0) is 19.1 Å². The van der Waals surface area contributed by atoms with Crippen LogP contribution in [0.25, 0.3) is 0 Å². The van der Waals surface area contributed by atoms with E-state index in [9.17, 15) is 13.2 Å². The first-order chi connectivity index (χ1) is 12.0. The van der Waals surface area contributed by atoms with Crippen molar-refractivity contribution in [2.75, 3.05) is 59.0 Å². The van der Waals surface area contributed by atoms with Gasteiger partial charge in [0.2, 0.25) is 5.91 Å². The molecule has 1 aromatic heterocycles. The monoisotopic (exact) mass is 387 g/mol. The highest BCUT2D eigenvalue weighted by molar-refractivity contribution is 7.91. The molecule has 3 rings (SSSR count). The van der Waals surface area contributed by atoms with Gasteiger partial charge in [0.25, 0.3) is 10.0 Å². The molecule has 0 aromatic carbocycles. The lowest BCUT2D eigenvalue weighted by molar-refractivity contribution is -0.133. The molecule has 0 unspecified atom stereocenters. The number of amides is 1. The Hall–Kier alpha value is -1.00. The number of hydrogen-bond donors (Lipinski definition) is 0. The molecule has 3 heterocycles. The van der Waals surface area contributed by atoms with Crippen LogP contribution in [0.4, 0.5) is 0 Å². The van der Waals surface area contributed by atoms with Gasteiger partial charge in [-0.25, -0.2) is 8.42 Å². The fourth-order valence-corrected chi connectivity index (χ4v) is 5.95. The summed E-state index contributed by atoms with van der Waals surface area (Å²) in [5.74, 6) is 0.107. The topological polar surface area (TPSA) is 70.2 Å². The van der Waals surface area contributed by atoms with Crippen LogP contribution < -0.4 is 0 Å². The molecule has 0 atom stereocenters. The molecule has 25 heavy (non-hydrogen) atoms. The molecular weight excluding hydrogens is 362 g/mol. The van der Waals surface area contributed by atoms with Crippen LogP contribution in [0.2, 0.25) is 0 Å². The number of hydrogen-bond acceptors (Lipinski definition) is 6. The molecule has 2 fully saturated rings. The van der Waals surface area contributed by atoms with Crippen LogP contribution >= 0.6 is 11.3 Å². The minimum Gasteiger partial charge on any atom is -0.379 e. The third-order valence-electron chi connectivity index (χ3n) is 4.65. The first-order valence-electron chi connectivity index (χ1n) is 8.61. The van der Waals surface area contributed by atoms with Crippen molar-refractivity contribution in [1.82, 2.24) is 14.1 Å². The van der Waals surface area contributed by atoms with Gasteiger partial charge in [0.1, 0.15) is 4.21 Å². The minimum atomic E-state index is -3.43. The van der Waals surface area contributed by atoms with Crippen LogP contribution in [-0.4, -0.2) is 87.5 Å². The summed E-state index contributed by atoms with van der Waals surface area (Å²) in [4.78, 5) is 17.4. The number of morpholine rings is 1. The van der Waals surface area contributed by atoms with E-state index in [-0.39, 0.29) is 5.91 Å². The van der Waals surface area contributed by atoms with Crippen molar-refractivity contribution in [2.45, 2.75) is 17.6 Å². The van der Waals surface area contributed by atoms with E-state index in [1.165, 1.54) is 15.6 Å². The zero-order valence-corrected chi connectivity index (χ0v) is 16.1. The Morgan fingerprint density at radius 3 is 2.40 bits per heavy atom. The van der Waals surface area contributed by atoms with Gasteiger partial charge in [-0.15, -0.1) is 11.3 Å². The van der Waals surface area contributed by atoms with E-state index in [1.807, 2.05) is 13.0 Å². The first-order valence-corrected chi connectivity index (χ1v) is 10.9. The van der Waals surface area contributed by atoms with Gasteiger partial charge < -0.3 is 9.64 Å². The number of ether oxygens (including phenoxy) is 1. The first kappa shape index (κ1) is 18.8. The summed E-state index contributed by atoms with van der Waals surface area (Å²) in [6.45, 7) is 7.51. The highest BCUT2D eigenvalue weighted by Gasteiger charge is 2.31. The molecule has 1 aromatic rings. The SMILES string of the molecule is Cc1ccc(S(=O)(=O)N2CCN(C(=O)CCN3CCOCC3)CC2)s1. The largest absolute Gasteiger partial charge is 0.379 e. The number of rotatable bonds is 5. The van der Waals surface area contributed by atoms with E-state index in [1.54, 1.807) is 11.0 Å². The number of carbonyl (C=O) groups excluding carboxylic acids is 1. The summed E-state index contributed by atoms with van der Waals surface area (Å²) in [5, 5.41) is 0. The Morgan fingerprint density at radius 2 is 1.80 bits per heavy atom. The van der Waals surface area contributed by atoms with Gasteiger partial charge in [-0.1, -0.05) is 0 Å². The van der Waals surface area contributed by atoms with Crippen molar-refractivity contribution in [3.63, 3.8) is 0 Å². The second-order valence-electron chi connectivity index (χ2n) is 6.35. The molecule has 0 saturated carbocycles. The molecule has 0 N–H and O–H groups in total. The lowest BCUT2D eigenvalue weighted by Gasteiger charge is -2.34. The van der Waals surface area contributed by atoms with Crippen molar-refractivity contribution in [2.24, 2.45) is 0 Å². The van der Waals surface area contributed by atoms with Crippen molar-refractivity contribution < 1.29 is 17.9 Å². The van der Waals surface area contributed by atoms with E-state index < -0.39 is 10.0 Å². The van der Waals surface area contributed by atoms with E-state index >= 15 is 0 Å². The summed E-state index contributed by atoms with van der Waals surface area (Å²) < 4.78 is 32.4. The molecule has 1 amide bonds. The van der Waals surface area contributed by atoms with Gasteiger partial charge in [0, 0.05) is 57.1 Å². The predicted molar refractivity (Wildman–Crippen MR) is 96.3 cm³/mol. The van der Waals surface area contributed by atoms with Crippen LogP contribution in [0.15, 0.2) is 16.3 Å². The van der Waals surface area contributed by atoms with Crippen LogP contribution in [-0.2, 0) is 19.6 Å². The third-order valence-corrected chi connectivity index (χ3v) is 8.01. The van der Waals surface area contributed by atoms with Gasteiger partial charge in [-0.3, -0.25) is 9.69 Å². The van der Waals surface area contributed by atoms with Gasteiger partial charge >= 0.3 is 0 Å². The second-order valence-corrected chi connectivity index (χ2v) is 9.81. The molecule has 0 radical (unpaired) electrons. The molecule has 2 saturated heterocycles. The summed E-state index contributed by atoms with van der Waals surface area (Å²) in [6.07, 6.45) is 0.483. The fraction of sp³-hybridized carbons (Fsp3) is 0.688. The molecule has 9 heteroatoms. The number of aryl methyl sites for hydroxylation is 1. The number of sulfonamides is 1. The molecule has 0 bridgehead atoms. The highest BCUT2D eigenvalue weighted by atomic mass is 32.2. The molecular formula is C16H25N3O4S2. The summed E-state index contributed by atoms with van der Waals surface area (Å²) in [6, 6.07) is 3.48. The maximum Gasteiger partial charge on any atom is 0.252 e. The molecule has 140 valence electrons. The fourth-order valence-electron chi connectivity index (χ4n) is 3.09. The average Bonchev–Trinajstić information content (AvgIpc) is 3.08. The van der Waals surface area contributed by atoms with Gasteiger partial charge in [0.05, 0.1) is 13.2 Å². The van der Waals surface area contributed by atoms with Crippen molar-refractivity contribution in [1.29, 1.82) is 0 Å². The Labute approximate surface area is 153 Å². The van der Waals surface area contributed by atoms with Crippen LogP contribution in [0, 0.1) is 6.92 Å². The van der Waals surface area contributed by atoms with E-state index in [0.29, 0.717) is 36.8 Å². The Bertz CT molecular complexity index is 690. The quantitative estimate of drug-likeness (QED) is 0.740. The summed E-state index contributed by atoms with van der Waals surface area (Å²) >= 11 is 1.29. The smallest absolute Gasteiger partial charge is 0.252 e. The average molecular weight is 388 g/mol. The van der Waals surface area contributed by atoms with E-state index in [0.717, 1.165) is 37.7 Å². The molecule has 2 aliphatic heterocycles. The van der Waals surface area contributed by atoms with Crippen LogP contribution in [0.3, 0.4) is 0 Å². The minimum absolute atomic E-state index is 0.107. The maximum atomic E-state index is 12.6. The van der Waals surface area contributed by atoms with Gasteiger partial charge in [0.15, 0.2) is 0 Å². The maximum absolute atomic E-state index is 12.6. The summed E-state index contributed by atoms with van der Waals surface area (Å²) in [7, 11) is -3.43. The lowest BCUT2D eigenvalue weighted by Crippen LogP contribution is -2.51. The van der Waals surface area contributed by atoms with Crippen LogP contribution in [0.1, 0.15) is 11.3 Å². The van der Waals surface area contributed by atoms with Crippen molar-refractivity contribution in [3.05, 3.63) is 17.0 Å². The molecule has 2 aliphatic rings. The van der Waals surface area contributed by atoms with E-state index in [4.69, 9.17) is 4.74 Å². The van der Waals surface area contributed by atoms with Crippen molar-refractivity contribution in [3.8, 4) is 0 Å². The Balaban J connectivity index is 1.48. The molecule has 0 aliphatic carbocycles. The number of nitrogens with zero attached hydrogens (tertiary/aromatic N) is 3. The molecule has 7 nitrogen and oxygen atoms in total. The third kappa shape index (κ3) is 4.59. The van der Waals surface area contributed by atoms with Crippen LogP contribution in [0.5, 0.6) is 0 Å². The highest BCUT2D eigenvalue weighted by Crippen LogP contribution is 2.25. The zero-order chi connectivity index (χ0) is 17.9. The standard InChI is InChI=1S/C16H25N3O4S2/c1-14-2-3-16(24-14)25(21,22)19-8-6-18(7-9-19)15(20)4-5-17-10-12-23-13-11-17/h2-3H,4-13H2,1H3. The number of carbonyl (C=O) groups is 1. The number of thiophene rings is 1. The van der Waals surface area contributed by atoms with E-state index in [2.05, 4.69) is 4.90 Å². The lowest BCUT2D eigenvalue weighted by atomic mass is 10.3. The summed E-state index contributed by atoms with van der Waals surface area (Å²) in [5.41, 5.74) is 0. The Morgan fingerprint density at radius 1 is 1.12 bits per heavy atom. The molecule has 0 spiro atoms. The van der Waals surface area contributed by atoms with Crippen molar-refractivity contribution >= 4 is 27.3 Å². The predicted octanol–water partition coefficient (Wildman–Crippen LogP) is 0.612.